The van der Waals surface area contributed by atoms with Crippen LogP contribution in [0.5, 0.6) is 0 Å². The van der Waals surface area contributed by atoms with Crippen molar-refractivity contribution in [1.82, 2.24) is 10.2 Å². The number of hydrogen-bond acceptors (Lipinski definition) is 3. The molecule has 5 nitrogen and oxygen atoms in total. The molecular formula is C25H22N2O3. The summed E-state index contributed by atoms with van der Waals surface area (Å²) >= 11 is 0. The van der Waals surface area contributed by atoms with Gasteiger partial charge in [0.1, 0.15) is 6.04 Å². The number of rotatable bonds is 5. The molecule has 0 fully saturated rings. The molecule has 0 saturated carbocycles. The highest BCUT2D eigenvalue weighted by atomic mass is 16.2. The van der Waals surface area contributed by atoms with Crippen LogP contribution in [0.15, 0.2) is 78.9 Å². The Morgan fingerprint density at radius 1 is 0.767 bits per heavy atom. The molecule has 1 heterocycles. The number of fused-ring (bicyclic) bond motifs is 1. The van der Waals surface area contributed by atoms with Gasteiger partial charge in [0.25, 0.3) is 11.8 Å². The zero-order valence-electron chi connectivity index (χ0n) is 16.8. The van der Waals surface area contributed by atoms with Crippen LogP contribution in [0.3, 0.4) is 0 Å². The van der Waals surface area contributed by atoms with Gasteiger partial charge in [0.2, 0.25) is 5.91 Å². The van der Waals surface area contributed by atoms with Gasteiger partial charge in [-0.25, -0.2) is 0 Å². The van der Waals surface area contributed by atoms with Crippen LogP contribution in [0, 0.1) is 6.92 Å². The molecule has 150 valence electrons. The van der Waals surface area contributed by atoms with E-state index < -0.39 is 23.9 Å². The van der Waals surface area contributed by atoms with Crippen molar-refractivity contribution in [2.45, 2.75) is 25.9 Å². The van der Waals surface area contributed by atoms with Gasteiger partial charge in [-0.05, 0) is 37.1 Å². The summed E-state index contributed by atoms with van der Waals surface area (Å²) in [4.78, 5) is 39.7. The van der Waals surface area contributed by atoms with Crippen molar-refractivity contribution in [2.75, 3.05) is 0 Å². The first kappa shape index (κ1) is 19.6. The van der Waals surface area contributed by atoms with E-state index in [9.17, 15) is 14.4 Å². The average molecular weight is 398 g/mol. The lowest BCUT2D eigenvalue weighted by atomic mass is 9.97. The molecule has 4 rings (SSSR count). The lowest BCUT2D eigenvalue weighted by molar-refractivity contribution is -0.125. The van der Waals surface area contributed by atoms with E-state index in [1.54, 1.807) is 31.2 Å². The fourth-order valence-corrected chi connectivity index (χ4v) is 3.70. The fraction of sp³-hybridized carbons (Fsp3) is 0.160. The smallest absolute Gasteiger partial charge is 0.262 e. The van der Waals surface area contributed by atoms with Crippen LogP contribution in [0.2, 0.25) is 0 Å². The maximum Gasteiger partial charge on any atom is 0.262 e. The number of imide groups is 1. The summed E-state index contributed by atoms with van der Waals surface area (Å²) in [5.41, 5.74) is 3.64. The predicted molar refractivity (Wildman–Crippen MR) is 114 cm³/mol. The minimum Gasteiger partial charge on any atom is -0.343 e. The van der Waals surface area contributed by atoms with Crippen molar-refractivity contribution in [2.24, 2.45) is 0 Å². The summed E-state index contributed by atoms with van der Waals surface area (Å²) in [6, 6.07) is 22.9. The summed E-state index contributed by atoms with van der Waals surface area (Å²) < 4.78 is 0. The van der Waals surface area contributed by atoms with Crippen LogP contribution < -0.4 is 5.32 Å². The van der Waals surface area contributed by atoms with E-state index in [4.69, 9.17) is 0 Å². The van der Waals surface area contributed by atoms with Gasteiger partial charge in [-0.1, -0.05) is 72.3 Å². The third-order valence-electron chi connectivity index (χ3n) is 5.42. The molecule has 0 saturated heterocycles. The molecule has 30 heavy (non-hydrogen) atoms. The molecule has 0 bridgehead atoms. The Bertz CT molecular complexity index is 1070. The molecule has 0 aromatic heterocycles. The Hall–Kier alpha value is -3.73. The highest BCUT2D eigenvalue weighted by Crippen LogP contribution is 2.26. The largest absolute Gasteiger partial charge is 0.343 e. The van der Waals surface area contributed by atoms with E-state index in [-0.39, 0.29) is 5.91 Å². The monoisotopic (exact) mass is 398 g/mol. The van der Waals surface area contributed by atoms with Crippen LogP contribution in [0.1, 0.15) is 50.4 Å². The first-order valence-corrected chi connectivity index (χ1v) is 9.86. The van der Waals surface area contributed by atoms with E-state index in [1.165, 1.54) is 0 Å². The van der Waals surface area contributed by atoms with Crippen LogP contribution in [0.4, 0.5) is 0 Å². The molecule has 0 spiro atoms. The normalized spacial score (nSPS) is 14.9. The third-order valence-corrected chi connectivity index (χ3v) is 5.42. The minimum atomic E-state index is -0.936. The highest BCUT2D eigenvalue weighted by molar-refractivity contribution is 6.22. The van der Waals surface area contributed by atoms with Gasteiger partial charge in [0, 0.05) is 0 Å². The van der Waals surface area contributed by atoms with Crippen molar-refractivity contribution in [3.8, 4) is 0 Å². The van der Waals surface area contributed by atoms with Gasteiger partial charge >= 0.3 is 0 Å². The number of carbonyl (C=O) groups excluding carboxylic acids is 3. The lowest BCUT2D eigenvalue weighted by Gasteiger charge is -2.26. The fourth-order valence-electron chi connectivity index (χ4n) is 3.70. The Labute approximate surface area is 175 Å². The number of aryl methyl sites for hydroxylation is 1. The van der Waals surface area contributed by atoms with Gasteiger partial charge in [0.05, 0.1) is 17.2 Å². The second-order valence-corrected chi connectivity index (χ2v) is 7.46. The molecule has 0 aliphatic carbocycles. The van der Waals surface area contributed by atoms with E-state index in [2.05, 4.69) is 5.32 Å². The van der Waals surface area contributed by atoms with Crippen LogP contribution in [-0.2, 0) is 4.79 Å². The number of amides is 3. The number of hydrogen-bond donors (Lipinski definition) is 1. The molecule has 1 aliphatic heterocycles. The van der Waals surface area contributed by atoms with E-state index in [1.807, 2.05) is 61.5 Å². The number of carbonyl (C=O) groups is 3. The maximum absolute atomic E-state index is 13.1. The Balaban J connectivity index is 1.61. The van der Waals surface area contributed by atoms with E-state index in [0.29, 0.717) is 11.1 Å². The summed E-state index contributed by atoms with van der Waals surface area (Å²) in [6.45, 7) is 3.58. The second-order valence-electron chi connectivity index (χ2n) is 7.46. The first-order valence-electron chi connectivity index (χ1n) is 9.86. The van der Waals surface area contributed by atoms with Crippen molar-refractivity contribution in [3.63, 3.8) is 0 Å². The predicted octanol–water partition coefficient (Wildman–Crippen LogP) is 3.89. The topological polar surface area (TPSA) is 66.5 Å². The summed E-state index contributed by atoms with van der Waals surface area (Å²) in [5, 5.41) is 3.03. The third kappa shape index (κ3) is 3.50. The van der Waals surface area contributed by atoms with Gasteiger partial charge in [-0.2, -0.15) is 0 Å². The van der Waals surface area contributed by atoms with Crippen LogP contribution in [-0.4, -0.2) is 28.7 Å². The summed E-state index contributed by atoms with van der Waals surface area (Å²) in [6.07, 6.45) is 0. The van der Waals surface area contributed by atoms with Gasteiger partial charge < -0.3 is 5.32 Å². The molecular weight excluding hydrogens is 376 g/mol. The van der Waals surface area contributed by atoms with Crippen molar-refractivity contribution < 1.29 is 14.4 Å². The molecule has 5 heteroatoms. The zero-order valence-corrected chi connectivity index (χ0v) is 16.8. The summed E-state index contributed by atoms with van der Waals surface area (Å²) in [7, 11) is 0. The number of nitrogens with one attached hydrogen (secondary N) is 1. The maximum atomic E-state index is 13.1. The van der Waals surface area contributed by atoms with Crippen molar-refractivity contribution in [3.05, 3.63) is 107 Å². The van der Waals surface area contributed by atoms with Crippen molar-refractivity contribution in [1.29, 1.82) is 0 Å². The Morgan fingerprint density at radius 3 is 1.83 bits per heavy atom. The Morgan fingerprint density at radius 2 is 1.27 bits per heavy atom. The molecule has 3 aromatic carbocycles. The quantitative estimate of drug-likeness (QED) is 0.663. The van der Waals surface area contributed by atoms with E-state index >= 15 is 0 Å². The summed E-state index contributed by atoms with van der Waals surface area (Å²) in [5.74, 6) is -1.27. The number of benzene rings is 3. The van der Waals surface area contributed by atoms with E-state index in [0.717, 1.165) is 21.6 Å². The molecule has 1 N–H and O–H groups in total. The first-order chi connectivity index (χ1) is 14.5. The van der Waals surface area contributed by atoms with Gasteiger partial charge in [-0.3, -0.25) is 19.3 Å². The SMILES string of the molecule is Cc1ccc([C@@H](NC(=O)[C@@H](C)N2C(=O)c3ccccc3C2=O)c2ccccc2)cc1. The molecule has 0 radical (unpaired) electrons. The Kier molecular flexibility index (Phi) is 5.19. The standard InChI is InChI=1S/C25H22N2O3/c1-16-12-14-19(15-13-16)22(18-8-4-3-5-9-18)26-23(28)17(2)27-24(29)20-10-6-7-11-21(20)25(27)30/h3-15,17,22H,1-2H3,(H,26,28)/t17-,22+/m1/s1. The average Bonchev–Trinajstić information content (AvgIpc) is 3.03. The lowest BCUT2D eigenvalue weighted by Crippen LogP contribution is -2.48. The highest BCUT2D eigenvalue weighted by Gasteiger charge is 2.41. The van der Waals surface area contributed by atoms with Crippen molar-refractivity contribution >= 4 is 17.7 Å². The molecule has 3 aromatic rings. The molecule has 1 aliphatic rings. The minimum absolute atomic E-state index is 0.334. The molecule has 3 amide bonds. The van der Waals surface area contributed by atoms with Gasteiger partial charge in [0.15, 0.2) is 0 Å². The zero-order chi connectivity index (χ0) is 21.3. The number of nitrogens with zero attached hydrogens (tertiary/aromatic N) is 1. The van der Waals surface area contributed by atoms with Crippen LogP contribution >= 0.6 is 0 Å². The van der Waals surface area contributed by atoms with Gasteiger partial charge in [-0.15, -0.1) is 0 Å². The molecule has 0 unspecified atom stereocenters. The molecule has 2 atom stereocenters. The van der Waals surface area contributed by atoms with Crippen LogP contribution in [0.25, 0.3) is 0 Å². The second kappa shape index (κ2) is 7.95.